The normalized spacial score (nSPS) is 17.3. The van der Waals surface area contributed by atoms with Gasteiger partial charge < -0.3 is 14.3 Å². The molecule has 2 rings (SSSR count). The fourth-order valence-corrected chi connectivity index (χ4v) is 2.97. The van der Waals surface area contributed by atoms with E-state index in [9.17, 15) is 14.7 Å². The maximum atomic E-state index is 12.1. The monoisotopic (exact) mass is 322 g/mol. The molecule has 1 fully saturated rings. The number of amides is 1. The summed E-state index contributed by atoms with van der Waals surface area (Å²) in [7, 11) is 0. The highest BCUT2D eigenvalue weighted by atomic mass is 32.2. The predicted molar refractivity (Wildman–Crippen MR) is 82.0 cm³/mol. The van der Waals surface area contributed by atoms with Crippen LogP contribution in [0, 0.1) is 0 Å². The van der Waals surface area contributed by atoms with Crippen molar-refractivity contribution in [2.75, 3.05) is 6.54 Å². The molecule has 2 heterocycles. The molecule has 21 heavy (non-hydrogen) atoms. The van der Waals surface area contributed by atoms with Gasteiger partial charge in [0.1, 0.15) is 10.1 Å². The third-order valence-electron chi connectivity index (χ3n) is 2.69. The van der Waals surface area contributed by atoms with E-state index in [1.807, 2.05) is 0 Å². The van der Waals surface area contributed by atoms with E-state index in [0.717, 1.165) is 0 Å². The van der Waals surface area contributed by atoms with Gasteiger partial charge >= 0.3 is 0 Å². The summed E-state index contributed by atoms with van der Waals surface area (Å²) < 4.78 is 5.58. The van der Waals surface area contributed by atoms with E-state index in [2.05, 4.69) is 0 Å². The topological polar surface area (TPSA) is 73.6 Å². The predicted octanol–water partition coefficient (Wildman–Crippen LogP) is 1.57. The minimum absolute atomic E-state index is 0.0888. The second-order valence-corrected chi connectivity index (χ2v) is 5.88. The summed E-state index contributed by atoms with van der Waals surface area (Å²) in [5.41, 5.74) is 0. The van der Waals surface area contributed by atoms with Gasteiger partial charge in [0.05, 0.1) is 11.2 Å². The molecule has 1 aliphatic heterocycles. The number of carboxylic acid groups (broad SMARTS) is 1. The van der Waals surface area contributed by atoms with Gasteiger partial charge in [-0.2, -0.15) is 0 Å². The number of furan rings is 1. The molecule has 110 valence electrons. The fraction of sp³-hybridized carbons (Fsp3) is 0.214. The van der Waals surface area contributed by atoms with Gasteiger partial charge in [-0.1, -0.05) is 30.1 Å². The largest absolute Gasteiger partial charge is 0.550 e. The highest BCUT2D eigenvalue weighted by molar-refractivity contribution is 8.26. The lowest BCUT2D eigenvalue weighted by atomic mass is 10.3. The molecule has 0 unspecified atom stereocenters. The Balaban J connectivity index is 1.95. The van der Waals surface area contributed by atoms with Crippen molar-refractivity contribution in [1.29, 1.82) is 0 Å². The smallest absolute Gasteiger partial charge is 0.266 e. The van der Waals surface area contributed by atoms with Crippen LogP contribution < -0.4 is 5.11 Å². The van der Waals surface area contributed by atoms with Crippen molar-refractivity contribution in [2.45, 2.75) is 12.8 Å². The summed E-state index contributed by atoms with van der Waals surface area (Å²) in [5.74, 6) is -0.638. The van der Waals surface area contributed by atoms with Crippen LogP contribution in [0.4, 0.5) is 0 Å². The van der Waals surface area contributed by atoms with Crippen molar-refractivity contribution < 1.29 is 19.1 Å². The zero-order chi connectivity index (χ0) is 15.2. The lowest BCUT2D eigenvalue weighted by molar-refractivity contribution is -0.305. The Bertz CT molecular complexity index is 605. The number of hydrogen-bond acceptors (Lipinski definition) is 6. The second kappa shape index (κ2) is 7.24. The van der Waals surface area contributed by atoms with E-state index in [-0.39, 0.29) is 18.9 Å². The maximum Gasteiger partial charge on any atom is 0.266 e. The van der Waals surface area contributed by atoms with E-state index >= 15 is 0 Å². The highest BCUT2D eigenvalue weighted by Crippen LogP contribution is 2.31. The fourth-order valence-electron chi connectivity index (χ4n) is 1.70. The van der Waals surface area contributed by atoms with Crippen molar-refractivity contribution in [3.63, 3.8) is 0 Å². The number of nitrogens with zero attached hydrogens (tertiary/aromatic N) is 1. The maximum absolute atomic E-state index is 12.1. The number of aliphatic carboxylic acids is 1. The number of thioether (sulfide) groups is 1. The Labute approximate surface area is 131 Å². The average Bonchev–Trinajstić information content (AvgIpc) is 3.02. The third-order valence-corrected chi connectivity index (χ3v) is 4.08. The lowest BCUT2D eigenvalue weighted by Crippen LogP contribution is -2.30. The van der Waals surface area contributed by atoms with Crippen LogP contribution >= 0.6 is 24.0 Å². The highest BCUT2D eigenvalue weighted by Gasteiger charge is 2.30. The summed E-state index contributed by atoms with van der Waals surface area (Å²) in [4.78, 5) is 24.4. The number of thiocarbonyl (C=S) groups is 1. The minimum atomic E-state index is -1.13. The summed E-state index contributed by atoms with van der Waals surface area (Å²) >= 11 is 6.33. The van der Waals surface area contributed by atoms with Crippen LogP contribution in [0.25, 0.3) is 6.08 Å². The van der Waals surface area contributed by atoms with E-state index < -0.39 is 5.97 Å². The molecule has 0 aromatic carbocycles. The Morgan fingerprint density at radius 3 is 3.00 bits per heavy atom. The first-order chi connectivity index (χ1) is 10.1. The summed E-state index contributed by atoms with van der Waals surface area (Å²) in [6.07, 6.45) is 6.92. The van der Waals surface area contributed by atoms with Gasteiger partial charge in [-0.25, -0.2) is 0 Å². The van der Waals surface area contributed by atoms with E-state index in [0.29, 0.717) is 21.4 Å². The van der Waals surface area contributed by atoms with Crippen molar-refractivity contribution >= 4 is 46.3 Å². The van der Waals surface area contributed by atoms with Gasteiger partial charge in [-0.15, -0.1) is 0 Å². The van der Waals surface area contributed by atoms with E-state index in [4.69, 9.17) is 16.6 Å². The molecule has 1 amide bonds. The van der Waals surface area contributed by atoms with Gasteiger partial charge in [0.2, 0.25) is 0 Å². The molecule has 0 atom stereocenters. The molecule has 0 spiro atoms. The lowest BCUT2D eigenvalue weighted by Gasteiger charge is -2.14. The van der Waals surface area contributed by atoms with Crippen LogP contribution in [0.1, 0.15) is 18.6 Å². The number of carbonyl (C=O) groups is 2. The Morgan fingerprint density at radius 1 is 1.52 bits per heavy atom. The quantitative estimate of drug-likeness (QED) is 0.585. The van der Waals surface area contributed by atoms with Crippen LogP contribution in [0.2, 0.25) is 0 Å². The molecule has 0 radical (unpaired) electrons. The van der Waals surface area contributed by atoms with E-state index in [1.54, 1.807) is 36.6 Å². The molecule has 1 aliphatic rings. The van der Waals surface area contributed by atoms with Crippen LogP contribution in [-0.2, 0) is 9.59 Å². The number of hydrogen-bond donors (Lipinski definition) is 0. The molecule has 1 saturated heterocycles. The van der Waals surface area contributed by atoms with Gasteiger partial charge in [0, 0.05) is 12.5 Å². The van der Waals surface area contributed by atoms with Crippen LogP contribution in [0.3, 0.4) is 0 Å². The summed E-state index contributed by atoms with van der Waals surface area (Å²) in [5, 5.41) is 10.4. The zero-order valence-electron chi connectivity index (χ0n) is 11.0. The van der Waals surface area contributed by atoms with Gasteiger partial charge in [0.25, 0.3) is 5.91 Å². The molecule has 0 N–H and O–H groups in total. The Morgan fingerprint density at radius 2 is 2.33 bits per heavy atom. The molecule has 1 aromatic heterocycles. The number of carboxylic acids is 1. The zero-order valence-corrected chi connectivity index (χ0v) is 12.6. The van der Waals surface area contributed by atoms with Crippen LogP contribution in [0.15, 0.2) is 39.9 Å². The first kappa shape index (κ1) is 15.5. The standard InChI is InChI=1S/C14H13NO4S2/c16-12(17)7-2-8-15-13(18)11(21-14(15)20)6-1-4-10-5-3-9-19-10/h1,3-6,9H,2,7-8H2,(H,16,17)/p-1/b4-1+,11-6-. The SMILES string of the molecule is O=C([O-])CCCN1C(=O)/C(=C/C=C/c2ccco2)SC1=S. The van der Waals surface area contributed by atoms with Gasteiger partial charge in [-0.3, -0.25) is 9.69 Å². The molecule has 1 aromatic rings. The third kappa shape index (κ3) is 4.30. The first-order valence-corrected chi connectivity index (χ1v) is 7.46. The molecule has 5 nitrogen and oxygen atoms in total. The van der Waals surface area contributed by atoms with Crippen molar-refractivity contribution in [2.24, 2.45) is 0 Å². The summed E-state index contributed by atoms with van der Waals surface area (Å²) in [6, 6.07) is 3.58. The molecule has 0 aliphatic carbocycles. The van der Waals surface area contributed by atoms with Gasteiger partial charge in [-0.05, 0) is 37.1 Å². The number of carbonyl (C=O) groups excluding carboxylic acids is 2. The van der Waals surface area contributed by atoms with Crippen molar-refractivity contribution in [1.82, 2.24) is 4.90 Å². The van der Waals surface area contributed by atoms with E-state index in [1.165, 1.54) is 16.7 Å². The molecular formula is C14H12NO4S2-. The van der Waals surface area contributed by atoms with Crippen LogP contribution in [0.5, 0.6) is 0 Å². The van der Waals surface area contributed by atoms with Gasteiger partial charge in [0.15, 0.2) is 0 Å². The first-order valence-electron chi connectivity index (χ1n) is 6.23. The second-order valence-electron chi connectivity index (χ2n) is 4.21. The molecule has 0 saturated carbocycles. The minimum Gasteiger partial charge on any atom is -0.550 e. The van der Waals surface area contributed by atoms with Crippen LogP contribution in [-0.4, -0.2) is 27.6 Å². The average molecular weight is 322 g/mol. The molecule has 7 heteroatoms. The Kier molecular flexibility index (Phi) is 5.35. The Hall–Kier alpha value is -1.86. The van der Waals surface area contributed by atoms with Crippen molar-refractivity contribution in [3.05, 3.63) is 41.2 Å². The van der Waals surface area contributed by atoms with Crippen molar-refractivity contribution in [3.8, 4) is 0 Å². The number of rotatable bonds is 6. The summed E-state index contributed by atoms with van der Waals surface area (Å²) in [6.45, 7) is 0.290. The molecule has 0 bridgehead atoms. The number of allylic oxidation sites excluding steroid dienone is 2. The molecular weight excluding hydrogens is 310 g/mol.